The van der Waals surface area contributed by atoms with Crippen molar-refractivity contribution in [2.45, 2.75) is 25.8 Å². The zero-order valence-electron chi connectivity index (χ0n) is 7.38. The first-order chi connectivity index (χ1) is 5.83. The number of esters is 1. The highest BCUT2D eigenvalue weighted by molar-refractivity contribution is 5.73. The molecule has 0 amide bonds. The molecule has 12 heavy (non-hydrogen) atoms. The van der Waals surface area contributed by atoms with E-state index in [1.807, 2.05) is 6.92 Å². The van der Waals surface area contributed by atoms with E-state index < -0.39 is 0 Å². The number of piperidine rings is 1. The van der Waals surface area contributed by atoms with Gasteiger partial charge in [-0.05, 0) is 32.2 Å². The Bertz CT molecular complexity index is 193. The number of rotatable bonds is 2. The lowest BCUT2D eigenvalue weighted by atomic mass is 9.97. The molecule has 3 atom stereocenters. The second-order valence-corrected chi connectivity index (χ2v) is 3.61. The maximum Gasteiger partial charge on any atom is 0.309 e. The number of carbonyl (C=O) groups excluding carboxylic acids is 1. The average molecular weight is 169 g/mol. The monoisotopic (exact) mass is 169 g/mol. The lowest BCUT2D eigenvalue weighted by Crippen LogP contribution is -2.34. The van der Waals surface area contributed by atoms with Gasteiger partial charge in [-0.2, -0.15) is 0 Å². The van der Waals surface area contributed by atoms with E-state index in [0.29, 0.717) is 18.6 Å². The summed E-state index contributed by atoms with van der Waals surface area (Å²) in [6.07, 6.45) is 2.13. The van der Waals surface area contributed by atoms with E-state index in [0.717, 1.165) is 13.0 Å². The van der Waals surface area contributed by atoms with E-state index in [1.54, 1.807) is 0 Å². The van der Waals surface area contributed by atoms with Gasteiger partial charge >= 0.3 is 5.97 Å². The van der Waals surface area contributed by atoms with Crippen LogP contribution >= 0.6 is 0 Å². The van der Waals surface area contributed by atoms with Gasteiger partial charge in [-0.15, -0.1) is 0 Å². The van der Waals surface area contributed by atoms with Crippen molar-refractivity contribution >= 4 is 5.97 Å². The molecule has 3 heteroatoms. The van der Waals surface area contributed by atoms with Crippen LogP contribution in [0.1, 0.15) is 19.8 Å². The van der Waals surface area contributed by atoms with E-state index in [-0.39, 0.29) is 11.9 Å². The van der Waals surface area contributed by atoms with Crippen LogP contribution in [0.15, 0.2) is 0 Å². The van der Waals surface area contributed by atoms with Crippen LogP contribution in [0.3, 0.4) is 0 Å². The number of hydrogen-bond donors (Lipinski definition) is 1. The minimum Gasteiger partial charge on any atom is -0.466 e. The molecule has 2 aliphatic rings. The molecule has 68 valence electrons. The third kappa shape index (κ3) is 1.33. The molecular weight excluding hydrogens is 154 g/mol. The van der Waals surface area contributed by atoms with E-state index in [2.05, 4.69) is 5.32 Å². The van der Waals surface area contributed by atoms with Crippen LogP contribution in [0.25, 0.3) is 0 Å². The molecule has 1 aliphatic heterocycles. The minimum atomic E-state index is 0.0199. The topological polar surface area (TPSA) is 38.3 Å². The Morgan fingerprint density at radius 2 is 2.50 bits per heavy atom. The highest BCUT2D eigenvalue weighted by Crippen LogP contribution is 2.42. The normalized spacial score (nSPS) is 38.6. The van der Waals surface area contributed by atoms with Gasteiger partial charge in [0.15, 0.2) is 0 Å². The fourth-order valence-corrected chi connectivity index (χ4v) is 2.07. The van der Waals surface area contributed by atoms with Crippen LogP contribution in [0, 0.1) is 11.8 Å². The first-order valence-electron chi connectivity index (χ1n) is 4.73. The van der Waals surface area contributed by atoms with Gasteiger partial charge in [0, 0.05) is 6.04 Å². The predicted molar refractivity (Wildman–Crippen MR) is 44.6 cm³/mol. The van der Waals surface area contributed by atoms with Crippen LogP contribution in [0.5, 0.6) is 0 Å². The minimum absolute atomic E-state index is 0.0199. The molecule has 1 aliphatic carbocycles. The van der Waals surface area contributed by atoms with Gasteiger partial charge in [-0.1, -0.05) is 0 Å². The molecule has 2 rings (SSSR count). The molecule has 1 heterocycles. The van der Waals surface area contributed by atoms with Crippen molar-refractivity contribution in [3.63, 3.8) is 0 Å². The Morgan fingerprint density at radius 1 is 1.67 bits per heavy atom. The van der Waals surface area contributed by atoms with Crippen LogP contribution in [-0.4, -0.2) is 25.2 Å². The van der Waals surface area contributed by atoms with Crippen LogP contribution in [0.4, 0.5) is 0 Å². The predicted octanol–water partition coefficient (Wildman–Crippen LogP) is 0.547. The standard InChI is InChI=1S/C9H15NO2/c1-2-12-9(11)6-3-4-10-8-5-7(6)8/h6-8,10H,2-5H2,1H3/t6-,7-,8-/m1/s1. The van der Waals surface area contributed by atoms with Crippen molar-refractivity contribution in [2.24, 2.45) is 11.8 Å². The van der Waals surface area contributed by atoms with E-state index >= 15 is 0 Å². The Balaban J connectivity index is 1.90. The van der Waals surface area contributed by atoms with Crippen molar-refractivity contribution in [3.8, 4) is 0 Å². The molecular formula is C9H15NO2. The number of ether oxygens (including phenoxy) is 1. The first kappa shape index (κ1) is 8.05. The van der Waals surface area contributed by atoms with E-state index in [1.165, 1.54) is 6.42 Å². The Kier molecular flexibility index (Phi) is 2.05. The summed E-state index contributed by atoms with van der Waals surface area (Å²) in [7, 11) is 0. The van der Waals surface area contributed by atoms with E-state index in [9.17, 15) is 4.79 Å². The van der Waals surface area contributed by atoms with Gasteiger partial charge < -0.3 is 10.1 Å². The smallest absolute Gasteiger partial charge is 0.309 e. The molecule has 0 radical (unpaired) electrons. The molecule has 0 spiro atoms. The molecule has 0 bridgehead atoms. The van der Waals surface area contributed by atoms with Crippen LogP contribution in [0.2, 0.25) is 0 Å². The molecule has 2 fully saturated rings. The van der Waals surface area contributed by atoms with Gasteiger partial charge in [-0.3, -0.25) is 4.79 Å². The summed E-state index contributed by atoms with van der Waals surface area (Å²) in [6, 6.07) is 0.619. The quantitative estimate of drug-likeness (QED) is 0.613. The molecule has 1 saturated heterocycles. The fraction of sp³-hybridized carbons (Fsp3) is 0.889. The van der Waals surface area contributed by atoms with E-state index in [4.69, 9.17) is 4.74 Å². The lowest BCUT2D eigenvalue weighted by Gasteiger charge is -2.20. The number of fused-ring (bicyclic) bond motifs is 1. The van der Waals surface area contributed by atoms with Gasteiger partial charge in [0.05, 0.1) is 12.5 Å². The maximum atomic E-state index is 11.4. The summed E-state index contributed by atoms with van der Waals surface area (Å²) in [5.74, 6) is 0.792. The first-order valence-corrected chi connectivity index (χ1v) is 4.73. The van der Waals surface area contributed by atoms with Crippen LogP contribution < -0.4 is 5.32 Å². The van der Waals surface area contributed by atoms with Crippen molar-refractivity contribution < 1.29 is 9.53 Å². The Morgan fingerprint density at radius 3 is 3.25 bits per heavy atom. The van der Waals surface area contributed by atoms with Crippen molar-refractivity contribution in [2.75, 3.05) is 13.2 Å². The summed E-state index contributed by atoms with van der Waals surface area (Å²) in [6.45, 7) is 3.36. The maximum absolute atomic E-state index is 11.4. The number of nitrogens with one attached hydrogen (secondary N) is 1. The highest BCUT2D eigenvalue weighted by atomic mass is 16.5. The highest BCUT2D eigenvalue weighted by Gasteiger charge is 2.48. The Labute approximate surface area is 72.5 Å². The van der Waals surface area contributed by atoms with Gasteiger partial charge in [-0.25, -0.2) is 0 Å². The lowest BCUT2D eigenvalue weighted by molar-refractivity contribution is -0.149. The third-order valence-corrected chi connectivity index (χ3v) is 2.81. The zero-order chi connectivity index (χ0) is 8.55. The van der Waals surface area contributed by atoms with Gasteiger partial charge in [0.2, 0.25) is 0 Å². The Hall–Kier alpha value is -0.570. The third-order valence-electron chi connectivity index (χ3n) is 2.81. The molecule has 0 aromatic heterocycles. The average Bonchev–Trinajstić information content (AvgIpc) is 2.81. The van der Waals surface area contributed by atoms with Gasteiger partial charge in [0.25, 0.3) is 0 Å². The number of hydrogen-bond acceptors (Lipinski definition) is 3. The molecule has 1 saturated carbocycles. The molecule has 0 aromatic rings. The second-order valence-electron chi connectivity index (χ2n) is 3.61. The molecule has 0 aromatic carbocycles. The van der Waals surface area contributed by atoms with Crippen molar-refractivity contribution in [3.05, 3.63) is 0 Å². The summed E-state index contributed by atoms with van der Waals surface area (Å²) < 4.78 is 5.01. The molecule has 3 nitrogen and oxygen atoms in total. The van der Waals surface area contributed by atoms with Gasteiger partial charge in [0.1, 0.15) is 0 Å². The molecule has 0 unspecified atom stereocenters. The van der Waals surface area contributed by atoms with Crippen molar-refractivity contribution in [1.29, 1.82) is 0 Å². The molecule has 1 N–H and O–H groups in total. The summed E-state index contributed by atoms with van der Waals surface area (Å²) in [5, 5.41) is 3.38. The van der Waals surface area contributed by atoms with Crippen LogP contribution in [-0.2, 0) is 9.53 Å². The zero-order valence-corrected chi connectivity index (χ0v) is 7.38. The summed E-state index contributed by atoms with van der Waals surface area (Å²) in [5.41, 5.74) is 0. The summed E-state index contributed by atoms with van der Waals surface area (Å²) >= 11 is 0. The summed E-state index contributed by atoms with van der Waals surface area (Å²) in [4.78, 5) is 11.4. The SMILES string of the molecule is CCOC(=O)[C@@H]1CCN[C@@H]2C[C@@H]21. The fourth-order valence-electron chi connectivity index (χ4n) is 2.07. The number of carbonyl (C=O) groups is 1. The second kappa shape index (κ2) is 3.05. The largest absolute Gasteiger partial charge is 0.466 e. The van der Waals surface area contributed by atoms with Crippen molar-refractivity contribution in [1.82, 2.24) is 5.32 Å².